The highest BCUT2D eigenvalue weighted by atomic mass is 32.1. The van der Waals surface area contributed by atoms with Gasteiger partial charge in [0.2, 0.25) is 0 Å². The van der Waals surface area contributed by atoms with Crippen LogP contribution in [0.5, 0.6) is 0 Å². The average Bonchev–Trinajstić information content (AvgIpc) is 2.70. The summed E-state index contributed by atoms with van der Waals surface area (Å²) >= 11 is 1.78. The number of benzene rings is 1. The van der Waals surface area contributed by atoms with Gasteiger partial charge in [-0.2, -0.15) is 0 Å². The summed E-state index contributed by atoms with van der Waals surface area (Å²) in [5.74, 6) is 0.855. The lowest BCUT2D eigenvalue weighted by Crippen LogP contribution is -2.25. The molecule has 1 aliphatic rings. The molecule has 3 rings (SSSR count). The van der Waals surface area contributed by atoms with E-state index in [4.69, 9.17) is 0 Å². The van der Waals surface area contributed by atoms with Crippen molar-refractivity contribution in [1.82, 2.24) is 4.98 Å². The van der Waals surface area contributed by atoms with Crippen molar-refractivity contribution in [2.75, 3.05) is 5.32 Å². The number of aromatic nitrogens is 1. The molecule has 0 radical (unpaired) electrons. The van der Waals surface area contributed by atoms with Gasteiger partial charge in [-0.3, -0.25) is 0 Å². The summed E-state index contributed by atoms with van der Waals surface area (Å²) in [4.78, 5) is 4.68. The van der Waals surface area contributed by atoms with Crippen molar-refractivity contribution in [3.05, 3.63) is 23.8 Å². The lowest BCUT2D eigenvalue weighted by Gasteiger charge is -2.27. The SMILES string of the molecule is Cc1ccc2nc(NC3CCCC(C)C3)sc2c1. The lowest BCUT2D eigenvalue weighted by molar-refractivity contribution is 0.358. The number of aryl methyl sites for hydroxylation is 1. The first-order chi connectivity index (χ1) is 8.70. The quantitative estimate of drug-likeness (QED) is 0.854. The Hall–Kier alpha value is -1.09. The van der Waals surface area contributed by atoms with E-state index in [0.29, 0.717) is 6.04 Å². The Morgan fingerprint density at radius 2 is 2.22 bits per heavy atom. The van der Waals surface area contributed by atoms with E-state index in [0.717, 1.165) is 16.6 Å². The number of hydrogen-bond donors (Lipinski definition) is 1. The van der Waals surface area contributed by atoms with Crippen LogP contribution in [0, 0.1) is 12.8 Å². The number of nitrogens with zero attached hydrogens (tertiary/aromatic N) is 1. The van der Waals surface area contributed by atoms with Gasteiger partial charge in [-0.25, -0.2) is 4.98 Å². The van der Waals surface area contributed by atoms with E-state index >= 15 is 0 Å². The molecule has 0 spiro atoms. The molecule has 2 nitrogen and oxygen atoms in total. The summed E-state index contributed by atoms with van der Waals surface area (Å²) in [7, 11) is 0. The normalized spacial score (nSPS) is 24.3. The molecule has 3 heteroatoms. The maximum Gasteiger partial charge on any atom is 0.184 e. The third-order valence-corrected chi connectivity index (χ3v) is 4.76. The fourth-order valence-electron chi connectivity index (χ4n) is 2.83. The summed E-state index contributed by atoms with van der Waals surface area (Å²) in [6.07, 6.45) is 5.31. The second-order valence-electron chi connectivity index (χ2n) is 5.60. The third kappa shape index (κ3) is 2.51. The van der Waals surface area contributed by atoms with Crippen molar-refractivity contribution in [3.8, 4) is 0 Å². The molecule has 2 atom stereocenters. The molecule has 0 amide bonds. The van der Waals surface area contributed by atoms with E-state index in [2.05, 4.69) is 42.3 Å². The fraction of sp³-hybridized carbons (Fsp3) is 0.533. The largest absolute Gasteiger partial charge is 0.359 e. The standard InChI is InChI=1S/C15H20N2S/c1-10-4-3-5-12(8-10)16-15-17-13-7-6-11(2)9-14(13)18-15/h6-7,9-10,12H,3-5,8H2,1-2H3,(H,16,17). The van der Waals surface area contributed by atoms with Crippen LogP contribution in [-0.2, 0) is 0 Å². The topological polar surface area (TPSA) is 24.9 Å². The highest BCUT2D eigenvalue weighted by molar-refractivity contribution is 7.22. The molecule has 1 heterocycles. The van der Waals surface area contributed by atoms with E-state index in [-0.39, 0.29) is 0 Å². The molecule has 2 unspecified atom stereocenters. The van der Waals surface area contributed by atoms with Gasteiger partial charge in [0, 0.05) is 6.04 Å². The Labute approximate surface area is 112 Å². The van der Waals surface area contributed by atoms with Crippen molar-refractivity contribution in [2.24, 2.45) is 5.92 Å². The third-order valence-electron chi connectivity index (χ3n) is 3.81. The summed E-state index contributed by atoms with van der Waals surface area (Å²) in [5, 5.41) is 4.72. The minimum atomic E-state index is 0.621. The number of rotatable bonds is 2. The Bertz CT molecular complexity index is 546. The maximum atomic E-state index is 4.68. The van der Waals surface area contributed by atoms with Crippen LogP contribution in [0.4, 0.5) is 5.13 Å². The first-order valence-electron chi connectivity index (χ1n) is 6.84. The first-order valence-corrected chi connectivity index (χ1v) is 7.66. The molecule has 0 saturated heterocycles. The van der Waals surface area contributed by atoms with Crippen LogP contribution >= 0.6 is 11.3 Å². The van der Waals surface area contributed by atoms with Crippen molar-refractivity contribution in [3.63, 3.8) is 0 Å². The molecule has 1 N–H and O–H groups in total. The molecule has 1 aliphatic carbocycles. The zero-order valence-corrected chi connectivity index (χ0v) is 11.9. The van der Waals surface area contributed by atoms with Crippen molar-refractivity contribution >= 4 is 26.7 Å². The van der Waals surface area contributed by atoms with E-state index in [9.17, 15) is 0 Å². The highest BCUT2D eigenvalue weighted by Crippen LogP contribution is 2.30. The van der Waals surface area contributed by atoms with Gasteiger partial charge >= 0.3 is 0 Å². The van der Waals surface area contributed by atoms with Crippen LogP contribution in [-0.4, -0.2) is 11.0 Å². The molecule has 0 bridgehead atoms. The Balaban J connectivity index is 1.78. The van der Waals surface area contributed by atoms with E-state index in [1.807, 2.05) is 0 Å². The Kier molecular flexibility index (Phi) is 3.25. The van der Waals surface area contributed by atoms with Gasteiger partial charge in [0.25, 0.3) is 0 Å². The van der Waals surface area contributed by atoms with Crippen molar-refractivity contribution in [2.45, 2.75) is 45.6 Å². The van der Waals surface area contributed by atoms with Gasteiger partial charge in [0.1, 0.15) is 0 Å². The zero-order valence-electron chi connectivity index (χ0n) is 11.1. The summed E-state index contributed by atoms with van der Waals surface area (Å²) in [5.41, 5.74) is 2.43. The predicted molar refractivity (Wildman–Crippen MR) is 79.4 cm³/mol. The van der Waals surface area contributed by atoms with Crippen LogP contribution in [0.2, 0.25) is 0 Å². The molecule has 2 aromatic rings. The van der Waals surface area contributed by atoms with Crippen molar-refractivity contribution < 1.29 is 0 Å². The second-order valence-corrected chi connectivity index (χ2v) is 6.63. The first kappa shape index (κ1) is 12.0. The predicted octanol–water partition coefficient (Wildman–Crippen LogP) is 4.60. The molecule has 1 fully saturated rings. The minimum absolute atomic E-state index is 0.621. The number of fused-ring (bicyclic) bond motifs is 1. The number of thiazole rings is 1. The van der Waals surface area contributed by atoms with Gasteiger partial charge < -0.3 is 5.32 Å². The number of hydrogen-bond acceptors (Lipinski definition) is 3. The molecule has 1 aromatic heterocycles. The maximum absolute atomic E-state index is 4.68. The minimum Gasteiger partial charge on any atom is -0.359 e. The number of anilines is 1. The van der Waals surface area contributed by atoms with Gasteiger partial charge in [-0.15, -0.1) is 0 Å². The van der Waals surface area contributed by atoms with Crippen molar-refractivity contribution in [1.29, 1.82) is 0 Å². The van der Waals surface area contributed by atoms with Crippen LogP contribution in [0.25, 0.3) is 10.2 Å². The monoisotopic (exact) mass is 260 g/mol. The molecule has 1 aromatic carbocycles. The summed E-state index contributed by atoms with van der Waals surface area (Å²) < 4.78 is 1.29. The van der Waals surface area contributed by atoms with Gasteiger partial charge in [-0.1, -0.05) is 37.2 Å². The molecule has 18 heavy (non-hydrogen) atoms. The van der Waals surface area contributed by atoms with Gasteiger partial charge in [0.15, 0.2) is 5.13 Å². The Morgan fingerprint density at radius 1 is 1.33 bits per heavy atom. The average molecular weight is 260 g/mol. The molecule has 96 valence electrons. The second kappa shape index (κ2) is 4.88. The molecular formula is C15H20N2S. The zero-order chi connectivity index (χ0) is 12.5. The summed E-state index contributed by atoms with van der Waals surface area (Å²) in [6.45, 7) is 4.49. The molecule has 0 aliphatic heterocycles. The van der Waals surface area contributed by atoms with Gasteiger partial charge in [-0.05, 0) is 43.4 Å². The Morgan fingerprint density at radius 3 is 3.06 bits per heavy atom. The van der Waals surface area contributed by atoms with Gasteiger partial charge in [0.05, 0.1) is 10.2 Å². The van der Waals surface area contributed by atoms with Crippen LogP contribution < -0.4 is 5.32 Å². The smallest absolute Gasteiger partial charge is 0.184 e. The molecular weight excluding hydrogens is 240 g/mol. The number of nitrogens with one attached hydrogen (secondary N) is 1. The highest BCUT2D eigenvalue weighted by Gasteiger charge is 2.19. The van der Waals surface area contributed by atoms with Crippen LogP contribution in [0.1, 0.15) is 38.2 Å². The van der Waals surface area contributed by atoms with Crippen LogP contribution in [0.3, 0.4) is 0 Å². The van der Waals surface area contributed by atoms with E-state index < -0.39 is 0 Å². The lowest BCUT2D eigenvalue weighted by atomic mass is 9.87. The molecule has 1 saturated carbocycles. The fourth-order valence-corrected chi connectivity index (χ4v) is 3.87. The van der Waals surface area contributed by atoms with E-state index in [1.54, 1.807) is 11.3 Å². The van der Waals surface area contributed by atoms with E-state index in [1.165, 1.54) is 35.9 Å². The summed E-state index contributed by atoms with van der Waals surface area (Å²) in [6, 6.07) is 7.10. The van der Waals surface area contributed by atoms with Crippen LogP contribution in [0.15, 0.2) is 18.2 Å².